The van der Waals surface area contributed by atoms with Gasteiger partial charge in [0.05, 0.1) is 19.5 Å². The number of hydrogen-bond donors (Lipinski definition) is 3. The Labute approximate surface area is 385 Å². The zero-order chi connectivity index (χ0) is 46.9. The molecule has 0 aliphatic carbocycles. The number of nitrogens with two attached hydrogens (primary N) is 1. The number of imidazole rings is 1. The molecule has 3 heterocycles. The zero-order valence-electron chi connectivity index (χ0n) is 38.9. The lowest BCUT2D eigenvalue weighted by Crippen LogP contribution is -2.44. The normalized spacial score (nSPS) is 19.1. The maximum Gasteiger partial charge on any atom is 0.407 e. The van der Waals surface area contributed by atoms with E-state index in [2.05, 4.69) is 39.8 Å². The fourth-order valence-corrected chi connectivity index (χ4v) is 9.48. The van der Waals surface area contributed by atoms with E-state index in [4.69, 9.17) is 35.4 Å². The number of benzene rings is 1. The topological polar surface area (TPSA) is 199 Å². The molecule has 0 bridgehead atoms. The zero-order valence-corrected chi connectivity index (χ0v) is 39.8. The van der Waals surface area contributed by atoms with E-state index in [0.717, 1.165) is 44.1 Å². The SMILES string of the molecule is C#C[C@]1(COP(=O)(N[C@@H](Cc2ccccc2)C(=O)OCCCCCCCCCCCC)O[C@@H](C)C(=O)OCCCCCCCCCCCC)O[C@@H](n2cnc3c(N)nc(F)nc32)C[C@@H]1O. The van der Waals surface area contributed by atoms with Gasteiger partial charge in [-0.2, -0.15) is 14.4 Å². The molecule has 1 aliphatic rings. The number of terminal acetylenes is 1. The third kappa shape index (κ3) is 18.0. The number of rotatable bonds is 34. The predicted octanol–water partition coefficient (Wildman–Crippen LogP) is 9.86. The molecule has 2 aromatic heterocycles. The van der Waals surface area contributed by atoms with Crippen LogP contribution >= 0.6 is 7.75 Å². The van der Waals surface area contributed by atoms with Gasteiger partial charge in [0.15, 0.2) is 28.7 Å². The first-order chi connectivity index (χ1) is 31.4. The standard InChI is InChI=1S/C48H74FN6O9P/c1-5-8-10-12-14-16-18-20-22-27-31-60-45(57)37(4)64-65(59,62-35-48(7-3)40(56)34-41(63-48)55-36-51-42-43(50)52-47(49)53-44(42)55)54-39(33-38-29-25-24-26-30-38)46(58)61-32-28-23-21-19-17-15-13-11-9-6-2/h3,24-26,29-30,36-37,39-41,56H,5-6,8-23,27-28,31-35H2,1-2,4H3,(H,54,59)(H2,50,52,53)/t37-,39-,40-,41+,48+,65?/m0/s1. The number of fused-ring (bicyclic) bond motifs is 1. The van der Waals surface area contributed by atoms with E-state index in [0.29, 0.717) is 12.8 Å². The Morgan fingerprint density at radius 1 is 0.908 bits per heavy atom. The quantitative estimate of drug-likeness (QED) is 0.0168. The van der Waals surface area contributed by atoms with Crippen LogP contribution in [0.4, 0.5) is 10.2 Å². The van der Waals surface area contributed by atoms with E-state index >= 15 is 0 Å². The molecule has 3 aromatic rings. The molecule has 0 saturated carbocycles. The Bertz CT molecular complexity index is 1950. The first kappa shape index (κ1) is 53.6. The van der Waals surface area contributed by atoms with E-state index in [-0.39, 0.29) is 43.0 Å². The highest BCUT2D eigenvalue weighted by Crippen LogP contribution is 2.49. The van der Waals surface area contributed by atoms with E-state index in [1.165, 1.54) is 94.9 Å². The van der Waals surface area contributed by atoms with Crippen molar-refractivity contribution in [3.63, 3.8) is 0 Å². The van der Waals surface area contributed by atoms with Gasteiger partial charge < -0.3 is 25.1 Å². The van der Waals surface area contributed by atoms with E-state index in [1.54, 1.807) is 0 Å². The number of carbonyl (C=O) groups excluding carboxylic acids is 2. The van der Waals surface area contributed by atoms with E-state index in [1.807, 2.05) is 30.3 Å². The molecule has 15 nitrogen and oxygen atoms in total. The van der Waals surface area contributed by atoms with Crippen molar-refractivity contribution in [1.29, 1.82) is 0 Å². The summed E-state index contributed by atoms with van der Waals surface area (Å²) < 4.78 is 59.8. The van der Waals surface area contributed by atoms with Crippen LogP contribution in [0.2, 0.25) is 0 Å². The van der Waals surface area contributed by atoms with Crippen molar-refractivity contribution in [3.05, 3.63) is 48.3 Å². The van der Waals surface area contributed by atoms with Gasteiger partial charge in [-0.05, 0) is 31.7 Å². The number of aliphatic hydroxyl groups excluding tert-OH is 1. The summed E-state index contributed by atoms with van der Waals surface area (Å²) in [5.74, 6) is 0.766. The lowest BCUT2D eigenvalue weighted by atomic mass is 9.99. The van der Waals surface area contributed by atoms with Crippen molar-refractivity contribution in [2.24, 2.45) is 0 Å². The minimum atomic E-state index is -4.72. The highest BCUT2D eigenvalue weighted by atomic mass is 31.2. The van der Waals surface area contributed by atoms with Gasteiger partial charge >= 0.3 is 25.8 Å². The summed E-state index contributed by atoms with van der Waals surface area (Å²) in [6.45, 7) is 5.37. The van der Waals surface area contributed by atoms with Gasteiger partial charge in [-0.1, -0.05) is 166 Å². The lowest BCUT2D eigenvalue weighted by Gasteiger charge is -2.31. The van der Waals surface area contributed by atoms with Crippen LogP contribution < -0.4 is 10.8 Å². The molecule has 0 radical (unpaired) electrons. The number of anilines is 1. The number of carbonyl (C=O) groups is 2. The molecule has 4 rings (SSSR count). The number of ether oxygens (including phenoxy) is 3. The molecule has 4 N–H and O–H groups in total. The summed E-state index contributed by atoms with van der Waals surface area (Å²) in [6, 6.07) is 7.81. The molecule has 65 heavy (non-hydrogen) atoms. The second-order valence-electron chi connectivity index (χ2n) is 17.1. The largest absolute Gasteiger partial charge is 0.465 e. The van der Waals surface area contributed by atoms with Crippen LogP contribution in [0.3, 0.4) is 0 Å². The number of nitrogens with zero attached hydrogens (tertiary/aromatic N) is 4. The lowest BCUT2D eigenvalue weighted by molar-refractivity contribution is -0.152. The summed E-state index contributed by atoms with van der Waals surface area (Å²) in [5, 5.41) is 14.1. The fraction of sp³-hybridized carbons (Fsp3) is 0.688. The maximum absolute atomic E-state index is 15.0. The van der Waals surface area contributed by atoms with Crippen LogP contribution in [-0.4, -0.2) is 80.2 Å². The molecule has 17 heteroatoms. The van der Waals surface area contributed by atoms with Gasteiger partial charge in [-0.25, -0.2) is 19.4 Å². The van der Waals surface area contributed by atoms with Crippen molar-refractivity contribution >= 4 is 36.7 Å². The first-order valence-corrected chi connectivity index (χ1v) is 25.6. The molecule has 1 aliphatic heterocycles. The van der Waals surface area contributed by atoms with Crippen LogP contribution in [0, 0.1) is 18.4 Å². The van der Waals surface area contributed by atoms with Gasteiger partial charge in [-0.3, -0.25) is 18.4 Å². The van der Waals surface area contributed by atoms with Gasteiger partial charge in [0.25, 0.3) is 0 Å². The summed E-state index contributed by atoms with van der Waals surface area (Å²) in [5.41, 5.74) is 4.75. The molecule has 1 unspecified atom stereocenters. The highest BCUT2D eigenvalue weighted by molar-refractivity contribution is 7.51. The number of hydrogen-bond acceptors (Lipinski definition) is 13. The molecule has 1 aromatic carbocycles. The summed E-state index contributed by atoms with van der Waals surface area (Å²) >= 11 is 0. The van der Waals surface area contributed by atoms with Crippen molar-refractivity contribution in [2.45, 2.75) is 192 Å². The van der Waals surface area contributed by atoms with E-state index < -0.39 is 62.4 Å². The molecular formula is C48H74FN6O9P. The van der Waals surface area contributed by atoms with Gasteiger partial charge in [0, 0.05) is 6.42 Å². The number of esters is 2. The predicted molar refractivity (Wildman–Crippen MR) is 249 cm³/mol. The highest BCUT2D eigenvalue weighted by Gasteiger charge is 2.50. The van der Waals surface area contributed by atoms with Crippen molar-refractivity contribution in [2.75, 3.05) is 25.6 Å². The molecule has 6 atom stereocenters. The van der Waals surface area contributed by atoms with Gasteiger partial charge in [0.2, 0.25) is 0 Å². The molecule has 362 valence electrons. The van der Waals surface area contributed by atoms with Crippen molar-refractivity contribution in [3.8, 4) is 12.3 Å². The Hall–Kier alpha value is -3.97. The average molecular weight is 929 g/mol. The van der Waals surface area contributed by atoms with E-state index in [9.17, 15) is 23.7 Å². The van der Waals surface area contributed by atoms with Crippen LogP contribution in [0.15, 0.2) is 36.7 Å². The number of nitrogen functional groups attached to an aromatic ring is 1. The number of nitrogens with one attached hydrogen (secondary N) is 1. The van der Waals surface area contributed by atoms with Crippen molar-refractivity contribution in [1.82, 2.24) is 24.6 Å². The number of halogens is 1. The second-order valence-corrected chi connectivity index (χ2v) is 18.9. The third-order valence-electron chi connectivity index (χ3n) is 11.7. The molecule has 1 saturated heterocycles. The summed E-state index contributed by atoms with van der Waals surface area (Å²) in [7, 11) is -4.72. The third-order valence-corrected chi connectivity index (χ3v) is 13.4. The van der Waals surface area contributed by atoms with Crippen LogP contribution in [0.5, 0.6) is 0 Å². The Morgan fingerprint density at radius 2 is 1.45 bits per heavy atom. The average Bonchev–Trinajstić information content (AvgIpc) is 3.87. The summed E-state index contributed by atoms with van der Waals surface area (Å²) in [4.78, 5) is 38.6. The van der Waals surface area contributed by atoms with Gasteiger partial charge in [0.1, 0.15) is 25.0 Å². The molecular weight excluding hydrogens is 855 g/mol. The van der Waals surface area contributed by atoms with Crippen LogP contribution in [0.1, 0.15) is 167 Å². The number of aliphatic hydroxyl groups is 1. The Balaban J connectivity index is 1.45. The minimum absolute atomic E-state index is 0.00169. The number of aromatic nitrogens is 4. The molecule has 0 amide bonds. The monoisotopic (exact) mass is 929 g/mol. The molecule has 0 spiro atoms. The second kappa shape index (κ2) is 28.9. The Kier molecular flexibility index (Phi) is 23.9. The first-order valence-electron chi connectivity index (χ1n) is 24.0. The Morgan fingerprint density at radius 3 is 2.00 bits per heavy atom. The molecule has 1 fully saturated rings. The smallest absolute Gasteiger partial charge is 0.407 e. The van der Waals surface area contributed by atoms with Gasteiger partial charge in [-0.15, -0.1) is 6.42 Å². The van der Waals surface area contributed by atoms with Crippen molar-refractivity contribution < 1.29 is 46.9 Å². The van der Waals surface area contributed by atoms with Crippen LogP contribution in [-0.2, 0) is 43.8 Å². The number of unbranched alkanes of at least 4 members (excludes halogenated alkanes) is 18. The fourth-order valence-electron chi connectivity index (χ4n) is 7.84. The minimum Gasteiger partial charge on any atom is -0.465 e. The maximum atomic E-state index is 15.0. The summed E-state index contributed by atoms with van der Waals surface area (Å²) in [6.07, 6.45) is 24.5. The van der Waals surface area contributed by atoms with Crippen LogP contribution in [0.25, 0.3) is 11.2 Å².